The maximum Gasteiger partial charge on any atom is 0.0988 e. The van der Waals surface area contributed by atoms with Crippen LogP contribution in [0.15, 0.2) is 18.2 Å². The topological polar surface area (TPSA) is 37.0 Å². The molecule has 3 rings (SSSR count). The fraction of sp³-hybridized carbons (Fsp3) is 0.429. The molecule has 4 heteroatoms. The molecule has 0 amide bonds. The molecule has 1 unspecified atom stereocenters. The average Bonchev–Trinajstić information content (AvgIpc) is 2.57. The van der Waals surface area contributed by atoms with E-state index in [0.717, 1.165) is 36.7 Å². The van der Waals surface area contributed by atoms with E-state index in [1.54, 1.807) is 0 Å². The largest absolute Gasteiger partial charge is 0.371 e. The number of nitrogens with one attached hydrogen (secondary N) is 2. The highest BCUT2D eigenvalue weighted by atomic mass is 35.5. The maximum absolute atomic E-state index is 6.23. The van der Waals surface area contributed by atoms with Gasteiger partial charge in [-0.05, 0) is 31.5 Å². The Labute approximate surface area is 111 Å². The van der Waals surface area contributed by atoms with Crippen LogP contribution in [-0.4, -0.2) is 24.7 Å². The summed E-state index contributed by atoms with van der Waals surface area (Å²) < 4.78 is 5.90. The summed E-state index contributed by atoms with van der Waals surface area (Å²) in [6, 6.07) is 6.01. The molecule has 2 aromatic rings. The Kier molecular flexibility index (Phi) is 3.29. The molecule has 2 N–H and O–H groups in total. The van der Waals surface area contributed by atoms with E-state index in [0.29, 0.717) is 0 Å². The van der Waals surface area contributed by atoms with Gasteiger partial charge in [0.1, 0.15) is 0 Å². The number of hydrogen-bond acceptors (Lipinski definition) is 2. The van der Waals surface area contributed by atoms with Crippen LogP contribution in [0.3, 0.4) is 0 Å². The molecule has 1 saturated heterocycles. The number of aromatic amines is 1. The molecule has 96 valence electrons. The zero-order valence-electron chi connectivity index (χ0n) is 10.4. The number of ether oxygens (including phenoxy) is 1. The Morgan fingerprint density at radius 2 is 2.22 bits per heavy atom. The van der Waals surface area contributed by atoms with Crippen molar-refractivity contribution >= 4 is 22.5 Å². The summed E-state index contributed by atoms with van der Waals surface area (Å²) in [6.45, 7) is 4.81. The third kappa shape index (κ3) is 2.03. The van der Waals surface area contributed by atoms with Crippen LogP contribution in [0, 0.1) is 6.92 Å². The molecule has 0 aliphatic carbocycles. The molecule has 1 aromatic carbocycles. The lowest BCUT2D eigenvalue weighted by Crippen LogP contribution is -2.16. The number of hydrogen-bond donors (Lipinski definition) is 2. The highest BCUT2D eigenvalue weighted by Gasteiger charge is 2.20. The molecule has 0 spiro atoms. The van der Waals surface area contributed by atoms with Crippen LogP contribution in [0.1, 0.15) is 23.8 Å². The van der Waals surface area contributed by atoms with Crippen LogP contribution in [0.25, 0.3) is 10.9 Å². The number of benzene rings is 1. The number of rotatable bonds is 1. The fourth-order valence-corrected chi connectivity index (χ4v) is 2.82. The standard InChI is InChI=1S/C14H17ClN2O/c1-9-10-3-2-4-11(15)14(10)17-13(9)12-5-6-16-7-8-18-12/h2-4,12,16-17H,5-8H2,1H3. The minimum absolute atomic E-state index is 0.142. The Morgan fingerprint density at radius 3 is 3.06 bits per heavy atom. The first-order chi connectivity index (χ1) is 8.77. The van der Waals surface area contributed by atoms with Gasteiger partial charge in [0.25, 0.3) is 0 Å². The van der Waals surface area contributed by atoms with Crippen molar-refractivity contribution in [2.75, 3.05) is 19.7 Å². The summed E-state index contributed by atoms with van der Waals surface area (Å²) >= 11 is 6.23. The lowest BCUT2D eigenvalue weighted by molar-refractivity contribution is 0.0615. The Bertz CT molecular complexity index is 556. The predicted molar refractivity (Wildman–Crippen MR) is 74.2 cm³/mol. The van der Waals surface area contributed by atoms with Crippen molar-refractivity contribution in [1.82, 2.24) is 10.3 Å². The van der Waals surface area contributed by atoms with Gasteiger partial charge < -0.3 is 15.0 Å². The van der Waals surface area contributed by atoms with E-state index in [-0.39, 0.29) is 6.10 Å². The third-order valence-corrected chi connectivity index (χ3v) is 3.90. The molecule has 1 aliphatic rings. The van der Waals surface area contributed by atoms with Crippen LogP contribution >= 0.6 is 11.6 Å². The predicted octanol–water partition coefficient (Wildman–Crippen LogP) is 3.18. The van der Waals surface area contributed by atoms with Crippen LogP contribution in [0.2, 0.25) is 5.02 Å². The number of aryl methyl sites for hydroxylation is 1. The second kappa shape index (κ2) is 4.92. The second-order valence-corrected chi connectivity index (χ2v) is 5.13. The molecule has 1 fully saturated rings. The van der Waals surface area contributed by atoms with Crippen molar-refractivity contribution in [3.63, 3.8) is 0 Å². The molecular weight excluding hydrogens is 248 g/mol. The number of H-pyrrole nitrogens is 1. The first kappa shape index (κ1) is 12.0. The molecule has 0 saturated carbocycles. The van der Waals surface area contributed by atoms with E-state index in [9.17, 15) is 0 Å². The van der Waals surface area contributed by atoms with Gasteiger partial charge in [-0.3, -0.25) is 0 Å². The first-order valence-corrected chi connectivity index (χ1v) is 6.74. The van der Waals surface area contributed by atoms with E-state index in [4.69, 9.17) is 16.3 Å². The van der Waals surface area contributed by atoms with Gasteiger partial charge in [0, 0.05) is 17.6 Å². The number of para-hydroxylation sites is 1. The Morgan fingerprint density at radius 1 is 1.33 bits per heavy atom. The first-order valence-electron chi connectivity index (χ1n) is 6.36. The van der Waals surface area contributed by atoms with Crippen LogP contribution in [0.5, 0.6) is 0 Å². The molecule has 18 heavy (non-hydrogen) atoms. The summed E-state index contributed by atoms with van der Waals surface area (Å²) in [7, 11) is 0. The Balaban J connectivity index is 2.06. The van der Waals surface area contributed by atoms with Gasteiger partial charge in [0.2, 0.25) is 0 Å². The average molecular weight is 265 g/mol. The van der Waals surface area contributed by atoms with Gasteiger partial charge in [-0.25, -0.2) is 0 Å². The van der Waals surface area contributed by atoms with Gasteiger partial charge in [-0.1, -0.05) is 23.7 Å². The molecule has 2 heterocycles. The smallest absolute Gasteiger partial charge is 0.0988 e. The second-order valence-electron chi connectivity index (χ2n) is 4.72. The summed E-state index contributed by atoms with van der Waals surface area (Å²) in [4.78, 5) is 3.44. The van der Waals surface area contributed by atoms with Crippen molar-refractivity contribution in [3.05, 3.63) is 34.5 Å². The summed E-state index contributed by atoms with van der Waals surface area (Å²) in [5, 5.41) is 5.31. The maximum atomic E-state index is 6.23. The molecule has 3 nitrogen and oxygen atoms in total. The van der Waals surface area contributed by atoms with E-state index >= 15 is 0 Å². The van der Waals surface area contributed by atoms with Crippen LogP contribution in [-0.2, 0) is 4.74 Å². The van der Waals surface area contributed by atoms with E-state index in [2.05, 4.69) is 23.3 Å². The molecule has 0 radical (unpaired) electrons. The molecule has 1 aromatic heterocycles. The van der Waals surface area contributed by atoms with Gasteiger partial charge >= 0.3 is 0 Å². The summed E-state index contributed by atoms with van der Waals surface area (Å²) in [6.07, 6.45) is 1.13. The zero-order chi connectivity index (χ0) is 12.5. The molecule has 1 aliphatic heterocycles. The quantitative estimate of drug-likeness (QED) is 0.830. The minimum atomic E-state index is 0.142. The van der Waals surface area contributed by atoms with Crippen molar-refractivity contribution in [2.45, 2.75) is 19.4 Å². The number of fused-ring (bicyclic) bond motifs is 1. The lowest BCUT2D eigenvalue weighted by atomic mass is 10.1. The molecular formula is C14H17ClN2O. The van der Waals surface area contributed by atoms with E-state index in [1.807, 2.05) is 12.1 Å². The van der Waals surface area contributed by atoms with Gasteiger partial charge in [0.05, 0.1) is 23.3 Å². The summed E-state index contributed by atoms with van der Waals surface area (Å²) in [5.74, 6) is 0. The van der Waals surface area contributed by atoms with E-state index < -0.39 is 0 Å². The van der Waals surface area contributed by atoms with Gasteiger partial charge in [-0.15, -0.1) is 0 Å². The van der Waals surface area contributed by atoms with Crippen LogP contribution < -0.4 is 5.32 Å². The third-order valence-electron chi connectivity index (χ3n) is 3.58. The van der Waals surface area contributed by atoms with Gasteiger partial charge in [-0.2, -0.15) is 0 Å². The monoisotopic (exact) mass is 264 g/mol. The highest BCUT2D eigenvalue weighted by molar-refractivity contribution is 6.35. The van der Waals surface area contributed by atoms with E-state index in [1.165, 1.54) is 16.6 Å². The molecule has 1 atom stereocenters. The number of aromatic nitrogens is 1. The number of halogens is 1. The highest BCUT2D eigenvalue weighted by Crippen LogP contribution is 2.33. The SMILES string of the molecule is Cc1c(C2CCNCCO2)[nH]c2c(Cl)cccc12. The minimum Gasteiger partial charge on any atom is -0.371 e. The lowest BCUT2D eigenvalue weighted by Gasteiger charge is -2.14. The van der Waals surface area contributed by atoms with Crippen molar-refractivity contribution in [3.8, 4) is 0 Å². The van der Waals surface area contributed by atoms with Crippen LogP contribution in [0.4, 0.5) is 0 Å². The zero-order valence-corrected chi connectivity index (χ0v) is 11.2. The fourth-order valence-electron chi connectivity index (χ4n) is 2.60. The van der Waals surface area contributed by atoms with Crippen molar-refractivity contribution in [1.29, 1.82) is 0 Å². The van der Waals surface area contributed by atoms with Gasteiger partial charge in [0.15, 0.2) is 0 Å². The summed E-state index contributed by atoms with van der Waals surface area (Å²) in [5.41, 5.74) is 3.44. The Hall–Kier alpha value is -1.03. The normalized spacial score (nSPS) is 21.1. The van der Waals surface area contributed by atoms with Crippen molar-refractivity contribution < 1.29 is 4.74 Å². The van der Waals surface area contributed by atoms with Crippen molar-refractivity contribution in [2.24, 2.45) is 0 Å². The molecule has 0 bridgehead atoms.